The normalized spacial score (nSPS) is 12.6. The van der Waals surface area contributed by atoms with E-state index in [0.29, 0.717) is 50.4 Å². The minimum atomic E-state index is -2.51. The van der Waals surface area contributed by atoms with E-state index in [9.17, 15) is 0 Å². The molecule has 14 aromatic rings. The van der Waals surface area contributed by atoms with E-state index in [1.165, 1.54) is 0 Å². The maximum absolute atomic E-state index is 8.90. The predicted molar refractivity (Wildman–Crippen MR) is 333 cm³/mol. The van der Waals surface area contributed by atoms with Gasteiger partial charge in [0.25, 0.3) is 0 Å². The number of para-hydroxylation sites is 1. The summed E-state index contributed by atoms with van der Waals surface area (Å²) in [4.78, 5) is 14.9. The fourth-order valence-corrected chi connectivity index (χ4v) is 11.1. The Balaban J connectivity index is 0.00000714. The number of rotatable bonds is 11. The van der Waals surface area contributed by atoms with Crippen molar-refractivity contribution in [2.24, 2.45) is 0 Å². The maximum Gasteiger partial charge on any atom is 3.00 e. The van der Waals surface area contributed by atoms with Gasteiger partial charge >= 0.3 is 20.1 Å². The second-order valence-electron chi connectivity index (χ2n) is 20.0. The molecular formula is C77H50IrN3O. The molecule has 0 N–H and O–H groups in total. The summed E-state index contributed by atoms with van der Waals surface area (Å²) in [7, 11) is 0. The van der Waals surface area contributed by atoms with Gasteiger partial charge in [-0.3, -0.25) is 0 Å². The fraction of sp³-hybridized carbons (Fsp3) is 0.0260. The van der Waals surface area contributed by atoms with Crippen LogP contribution in [0.15, 0.2) is 272 Å². The first kappa shape index (κ1) is 44.9. The van der Waals surface area contributed by atoms with Gasteiger partial charge in [-0.2, -0.15) is 0 Å². The van der Waals surface area contributed by atoms with Crippen LogP contribution in [0, 0.1) is 31.9 Å². The van der Waals surface area contributed by atoms with Gasteiger partial charge in [0.05, 0.1) is 0 Å². The zero-order chi connectivity index (χ0) is 59.2. The zero-order valence-electron chi connectivity index (χ0n) is 50.0. The van der Waals surface area contributed by atoms with Crippen molar-refractivity contribution in [1.29, 1.82) is 0 Å². The third-order valence-electron chi connectivity index (χ3n) is 15.1. The van der Waals surface area contributed by atoms with Crippen LogP contribution < -0.4 is 0 Å². The third-order valence-corrected chi connectivity index (χ3v) is 15.1. The number of hydrogen-bond donors (Lipinski definition) is 0. The van der Waals surface area contributed by atoms with Gasteiger partial charge in [0.1, 0.15) is 11.2 Å². The van der Waals surface area contributed by atoms with E-state index in [4.69, 9.17) is 27.6 Å². The molecule has 10 aromatic carbocycles. The summed E-state index contributed by atoms with van der Waals surface area (Å²) >= 11 is 0. The van der Waals surface area contributed by atoms with Gasteiger partial charge in [-0.15, -0.1) is 107 Å². The van der Waals surface area contributed by atoms with Crippen molar-refractivity contribution in [2.45, 2.75) is 13.7 Å². The molecule has 0 fully saturated rings. The summed E-state index contributed by atoms with van der Waals surface area (Å²) in [5.74, 6) is 0. The van der Waals surface area contributed by atoms with Crippen molar-refractivity contribution >= 4 is 21.9 Å². The summed E-state index contributed by atoms with van der Waals surface area (Å²) in [5.41, 5.74) is 18.6. The van der Waals surface area contributed by atoms with Gasteiger partial charge in [0.15, 0.2) is 0 Å². The smallest absolute Gasteiger partial charge is 0.455 e. The summed E-state index contributed by atoms with van der Waals surface area (Å²) in [6.07, 6.45) is 5.20. The van der Waals surface area contributed by atoms with Crippen molar-refractivity contribution in [3.05, 3.63) is 297 Å². The maximum atomic E-state index is 8.90. The second-order valence-corrected chi connectivity index (χ2v) is 20.0. The molecule has 14 rings (SSSR count). The van der Waals surface area contributed by atoms with Crippen LogP contribution >= 0.6 is 0 Å². The number of aryl methyl sites for hydroxylation is 2. The average Bonchev–Trinajstić information content (AvgIpc) is 4.03. The summed E-state index contributed by atoms with van der Waals surface area (Å²) in [6, 6.07) is 91.3. The van der Waals surface area contributed by atoms with Crippen molar-refractivity contribution in [3.63, 3.8) is 0 Å². The largest absolute Gasteiger partial charge is 3.00 e. The molecule has 0 aliphatic heterocycles. The molecule has 0 saturated carbocycles. The molecule has 0 atom stereocenters. The Hall–Kier alpha value is -9.90. The van der Waals surface area contributed by atoms with Crippen LogP contribution in [-0.4, -0.2) is 15.0 Å². The monoisotopic (exact) mass is 1230 g/mol. The van der Waals surface area contributed by atoms with Crippen molar-refractivity contribution < 1.29 is 32.7 Å². The molecule has 82 heavy (non-hydrogen) atoms. The summed E-state index contributed by atoms with van der Waals surface area (Å²) < 4.78 is 60.3. The van der Waals surface area contributed by atoms with Gasteiger partial charge in [-0.25, -0.2) is 0 Å². The topological polar surface area (TPSA) is 51.8 Å². The molecule has 0 aliphatic rings. The van der Waals surface area contributed by atoms with E-state index in [1.54, 1.807) is 36.7 Å². The Bertz CT molecular complexity index is 4710. The number of pyridine rings is 3. The Kier molecular flexibility index (Phi) is 12.2. The van der Waals surface area contributed by atoms with E-state index in [2.05, 4.69) is 109 Å². The summed E-state index contributed by atoms with van der Waals surface area (Å²) in [5, 5.41) is 1.90. The van der Waals surface area contributed by atoms with Gasteiger partial charge < -0.3 is 19.4 Å². The summed E-state index contributed by atoms with van der Waals surface area (Å²) in [6.45, 7) is -5.03. The molecule has 0 bridgehead atoms. The molecule has 5 heteroatoms. The van der Waals surface area contributed by atoms with Gasteiger partial charge in [0.2, 0.25) is 0 Å². The Morgan fingerprint density at radius 3 is 1.43 bits per heavy atom. The standard InChI is InChI=1S/C77H50N3O.Ir/c1-50-41-73(55-21-8-4-9-22-55)79-48-70(50)66-29-14-12-27-63(66)60-44-61(64-28-13-15-30-67(64)71-49-80-74(42-51(71)2)56-23-10-5-11-24-56)46-62(45-60)65-38-39-69-68-31-16-17-32-75(68)81-77(69)76(65)59-37-40-72(78-47-59)58-26-18-25-57(43-58)54-35-33-53(34-36-54)52-19-6-3-7-20-52;/h3-21,23,25,27-49H,1-2H3;/q-3;+3/i1D3,2D3;. The van der Waals surface area contributed by atoms with Crippen molar-refractivity contribution in [3.8, 4) is 123 Å². The van der Waals surface area contributed by atoms with E-state index in [1.807, 2.05) is 140 Å². The zero-order valence-corrected chi connectivity index (χ0v) is 46.4. The van der Waals surface area contributed by atoms with Crippen LogP contribution in [0.1, 0.15) is 19.4 Å². The molecule has 0 spiro atoms. The van der Waals surface area contributed by atoms with E-state index in [0.717, 1.165) is 94.4 Å². The van der Waals surface area contributed by atoms with Crippen LogP contribution in [-0.2, 0) is 20.1 Å². The molecule has 0 radical (unpaired) electrons. The first-order chi connectivity index (χ1) is 42.4. The van der Waals surface area contributed by atoms with E-state index >= 15 is 0 Å². The first-order valence-corrected chi connectivity index (χ1v) is 26.8. The van der Waals surface area contributed by atoms with Gasteiger partial charge in [-0.1, -0.05) is 152 Å². The number of benzene rings is 10. The molecule has 4 aromatic heterocycles. The third kappa shape index (κ3) is 9.88. The molecule has 0 saturated heterocycles. The van der Waals surface area contributed by atoms with Crippen molar-refractivity contribution in [2.75, 3.05) is 0 Å². The van der Waals surface area contributed by atoms with Gasteiger partial charge in [0, 0.05) is 59.8 Å². The quantitative estimate of drug-likeness (QED) is 0.121. The van der Waals surface area contributed by atoms with Crippen LogP contribution in [0.3, 0.4) is 0 Å². The fourth-order valence-electron chi connectivity index (χ4n) is 11.1. The van der Waals surface area contributed by atoms with Gasteiger partial charge in [-0.05, 0) is 133 Å². The number of furan rings is 1. The number of fused-ring (bicyclic) bond motifs is 3. The molecule has 0 unspecified atom stereocenters. The number of nitrogens with zero attached hydrogens (tertiary/aromatic N) is 3. The molecular weight excluding hydrogens is 1180 g/mol. The van der Waals surface area contributed by atoms with Crippen LogP contribution in [0.2, 0.25) is 0 Å². The minimum Gasteiger partial charge on any atom is -0.455 e. The van der Waals surface area contributed by atoms with Crippen LogP contribution in [0.4, 0.5) is 0 Å². The minimum absolute atomic E-state index is 0. The first-order valence-electron chi connectivity index (χ1n) is 29.8. The molecule has 0 amide bonds. The van der Waals surface area contributed by atoms with Crippen LogP contribution in [0.5, 0.6) is 0 Å². The average molecular weight is 1230 g/mol. The molecule has 388 valence electrons. The second kappa shape index (κ2) is 22.3. The van der Waals surface area contributed by atoms with Crippen molar-refractivity contribution in [1.82, 2.24) is 15.0 Å². The van der Waals surface area contributed by atoms with E-state index < -0.39 is 13.7 Å². The molecule has 4 nitrogen and oxygen atoms in total. The number of aromatic nitrogens is 3. The Morgan fingerprint density at radius 2 is 0.841 bits per heavy atom. The SMILES string of the molecule is [2H]C([2H])([2H])c1cc(-c2[c-]cccc2)ncc1-c1ccccc1-c1cc(-c2ccccc2-c2cnc(-c3[c-]cccc3)cc2C([2H])([2H])[2H])cc(-c2ccc3c(oc4ccccc43)c2-c2ccc(-c3[c-]ccc(-c4ccc(-c5ccccc5)cc4)c3)nc2)c1.[Ir+3]. The Morgan fingerprint density at radius 1 is 0.329 bits per heavy atom. The molecule has 0 aliphatic carbocycles. The van der Waals surface area contributed by atoms with Crippen LogP contribution in [0.25, 0.3) is 145 Å². The molecule has 4 heterocycles. The van der Waals surface area contributed by atoms with E-state index in [-0.39, 0.29) is 31.2 Å². The predicted octanol–water partition coefficient (Wildman–Crippen LogP) is 20.1. The Labute approximate surface area is 500 Å². The number of hydrogen-bond acceptors (Lipinski definition) is 4.